The Morgan fingerprint density at radius 2 is 1.81 bits per heavy atom. The molecule has 0 radical (unpaired) electrons. The third kappa shape index (κ3) is 3.22. The highest BCUT2D eigenvalue weighted by atomic mass is 32.2. The molecule has 0 heterocycles. The number of rotatable bonds is 5. The first-order chi connectivity index (χ1) is 12.3. The van der Waals surface area contributed by atoms with Gasteiger partial charge in [0.15, 0.2) is 0 Å². The zero-order chi connectivity index (χ0) is 18.9. The Hall–Kier alpha value is -2.32. The highest BCUT2D eigenvalue weighted by Gasteiger charge is 2.37. The summed E-state index contributed by atoms with van der Waals surface area (Å²) in [4.78, 5) is 11.7. The van der Waals surface area contributed by atoms with Gasteiger partial charge in [-0.3, -0.25) is 4.79 Å². The van der Waals surface area contributed by atoms with Gasteiger partial charge in [0.2, 0.25) is 9.84 Å². The van der Waals surface area contributed by atoms with Crippen molar-refractivity contribution in [1.82, 2.24) is 5.32 Å². The van der Waals surface area contributed by atoms with Gasteiger partial charge in [0.25, 0.3) is 5.91 Å². The molecule has 5 nitrogen and oxygen atoms in total. The van der Waals surface area contributed by atoms with Gasteiger partial charge in [-0.25, -0.2) is 8.42 Å². The molecule has 0 aromatic heterocycles. The maximum atomic E-state index is 12.8. The number of alkyl halides is 2. The number of benzene rings is 2. The lowest BCUT2D eigenvalue weighted by Gasteiger charge is -2.24. The smallest absolute Gasteiger partial charge is 0.341 e. The molecule has 2 N–H and O–H groups in total. The van der Waals surface area contributed by atoms with Crippen LogP contribution in [0, 0.1) is 0 Å². The summed E-state index contributed by atoms with van der Waals surface area (Å²) in [5.41, 5.74) is 0.0318. The van der Waals surface area contributed by atoms with Crippen LogP contribution in [0.4, 0.5) is 8.78 Å². The minimum absolute atomic E-state index is 0.147. The topological polar surface area (TPSA) is 83.5 Å². The van der Waals surface area contributed by atoms with E-state index in [0.717, 1.165) is 17.7 Å². The highest BCUT2D eigenvalue weighted by Crippen LogP contribution is 2.36. The maximum Gasteiger partial charge on any atom is 0.341 e. The Labute approximate surface area is 149 Å². The minimum atomic E-state index is -4.91. The Bertz CT molecular complexity index is 946. The molecule has 1 atom stereocenters. The van der Waals surface area contributed by atoms with E-state index in [2.05, 4.69) is 5.32 Å². The van der Waals surface area contributed by atoms with Gasteiger partial charge < -0.3 is 10.4 Å². The monoisotopic (exact) mass is 381 g/mol. The number of hydrogen-bond donors (Lipinski definition) is 2. The van der Waals surface area contributed by atoms with E-state index in [9.17, 15) is 27.1 Å². The molecule has 26 heavy (non-hydrogen) atoms. The van der Waals surface area contributed by atoms with Crippen molar-refractivity contribution < 1.29 is 27.1 Å². The number of amides is 1. The van der Waals surface area contributed by atoms with Crippen LogP contribution in [-0.4, -0.2) is 31.7 Å². The Morgan fingerprint density at radius 1 is 1.15 bits per heavy atom. The fourth-order valence-electron chi connectivity index (χ4n) is 3.17. The van der Waals surface area contributed by atoms with E-state index in [0.29, 0.717) is 18.4 Å². The van der Waals surface area contributed by atoms with Gasteiger partial charge in [0.05, 0.1) is 17.0 Å². The minimum Gasteiger partial charge on any atom is -0.383 e. The summed E-state index contributed by atoms with van der Waals surface area (Å²) >= 11 is 0. The predicted octanol–water partition coefficient (Wildman–Crippen LogP) is 2.25. The molecule has 1 amide bonds. The van der Waals surface area contributed by atoms with Crippen molar-refractivity contribution in [2.75, 3.05) is 6.54 Å². The zero-order valence-corrected chi connectivity index (χ0v) is 14.5. The predicted molar refractivity (Wildman–Crippen MR) is 90.6 cm³/mol. The molecule has 0 saturated heterocycles. The van der Waals surface area contributed by atoms with E-state index in [4.69, 9.17) is 0 Å². The quantitative estimate of drug-likeness (QED) is 0.832. The second kappa shape index (κ2) is 6.77. The first kappa shape index (κ1) is 18.5. The molecule has 0 spiro atoms. The van der Waals surface area contributed by atoms with Crippen LogP contribution in [0.5, 0.6) is 0 Å². The lowest BCUT2D eigenvalue weighted by Crippen LogP contribution is -2.39. The second-order valence-corrected chi connectivity index (χ2v) is 8.06. The third-order valence-corrected chi connectivity index (χ3v) is 5.98. The molecule has 138 valence electrons. The maximum absolute atomic E-state index is 12.8. The van der Waals surface area contributed by atoms with Gasteiger partial charge in [0.1, 0.15) is 5.60 Å². The summed E-state index contributed by atoms with van der Waals surface area (Å²) in [6, 6.07) is 12.1. The number of aryl methyl sites for hydroxylation is 1. The molecule has 8 heteroatoms. The van der Waals surface area contributed by atoms with Crippen LogP contribution in [0.3, 0.4) is 0 Å². The summed E-state index contributed by atoms with van der Waals surface area (Å²) in [7, 11) is -4.91. The molecule has 1 unspecified atom stereocenters. The highest BCUT2D eigenvalue weighted by molar-refractivity contribution is 7.91. The van der Waals surface area contributed by atoms with Crippen molar-refractivity contribution in [2.24, 2.45) is 0 Å². The van der Waals surface area contributed by atoms with Crippen molar-refractivity contribution in [2.45, 2.75) is 29.1 Å². The van der Waals surface area contributed by atoms with Crippen LogP contribution in [0.2, 0.25) is 0 Å². The summed E-state index contributed by atoms with van der Waals surface area (Å²) in [6.07, 6.45) is 1.06. The average Bonchev–Trinajstić information content (AvgIpc) is 2.97. The molecule has 1 aliphatic carbocycles. The molecule has 0 fully saturated rings. The number of sulfone groups is 1. The Morgan fingerprint density at radius 3 is 2.54 bits per heavy atom. The molecule has 0 aliphatic heterocycles. The molecule has 3 rings (SSSR count). The van der Waals surface area contributed by atoms with E-state index < -0.39 is 32.0 Å². The molecule has 2 aromatic carbocycles. The van der Waals surface area contributed by atoms with Crippen LogP contribution in [0.25, 0.3) is 0 Å². The van der Waals surface area contributed by atoms with Gasteiger partial charge in [-0.2, -0.15) is 8.78 Å². The number of halogens is 2. The largest absolute Gasteiger partial charge is 0.383 e. The SMILES string of the molecule is O=C(NCC1(O)CCc2ccccc21)c1ccccc1S(=O)(=O)C(F)F. The zero-order valence-electron chi connectivity index (χ0n) is 13.7. The lowest BCUT2D eigenvalue weighted by atomic mass is 9.96. The fraction of sp³-hybridized carbons (Fsp3) is 0.278. The molecular formula is C18H17F2NO4S. The van der Waals surface area contributed by atoms with Gasteiger partial charge in [-0.15, -0.1) is 0 Å². The van der Waals surface area contributed by atoms with E-state index in [1.54, 1.807) is 12.1 Å². The third-order valence-electron chi connectivity index (χ3n) is 4.54. The number of hydrogen-bond acceptors (Lipinski definition) is 4. The van der Waals surface area contributed by atoms with Crippen LogP contribution >= 0.6 is 0 Å². The number of fused-ring (bicyclic) bond motifs is 1. The van der Waals surface area contributed by atoms with E-state index in [1.807, 2.05) is 12.1 Å². The van der Waals surface area contributed by atoms with Crippen molar-refractivity contribution in [3.63, 3.8) is 0 Å². The first-order valence-electron chi connectivity index (χ1n) is 7.96. The van der Waals surface area contributed by atoms with E-state index >= 15 is 0 Å². The summed E-state index contributed by atoms with van der Waals surface area (Å²) in [5, 5.41) is 13.3. The lowest BCUT2D eigenvalue weighted by molar-refractivity contribution is 0.0369. The van der Waals surface area contributed by atoms with Gasteiger partial charge in [-0.1, -0.05) is 36.4 Å². The number of nitrogens with one attached hydrogen (secondary N) is 1. The van der Waals surface area contributed by atoms with Crippen molar-refractivity contribution >= 4 is 15.7 Å². The summed E-state index contributed by atoms with van der Waals surface area (Å²) in [5.74, 6) is -4.45. The Balaban J connectivity index is 1.83. The molecule has 2 aromatic rings. The number of carbonyl (C=O) groups excluding carboxylic acids is 1. The van der Waals surface area contributed by atoms with Crippen LogP contribution in [0.1, 0.15) is 27.9 Å². The van der Waals surface area contributed by atoms with Gasteiger partial charge in [0, 0.05) is 0 Å². The second-order valence-electron chi connectivity index (χ2n) is 6.17. The molecule has 1 aliphatic rings. The summed E-state index contributed by atoms with van der Waals surface area (Å²) in [6.45, 7) is -0.147. The van der Waals surface area contributed by atoms with Crippen molar-refractivity contribution in [1.29, 1.82) is 0 Å². The number of aliphatic hydroxyl groups is 1. The van der Waals surface area contributed by atoms with Crippen molar-refractivity contribution in [3.8, 4) is 0 Å². The summed E-state index contributed by atoms with van der Waals surface area (Å²) < 4.78 is 49.2. The Kier molecular flexibility index (Phi) is 4.81. The van der Waals surface area contributed by atoms with Gasteiger partial charge in [-0.05, 0) is 36.1 Å². The number of carbonyl (C=O) groups is 1. The van der Waals surface area contributed by atoms with Crippen LogP contribution in [0.15, 0.2) is 53.4 Å². The first-order valence-corrected chi connectivity index (χ1v) is 9.50. The van der Waals surface area contributed by atoms with Gasteiger partial charge >= 0.3 is 5.76 Å². The van der Waals surface area contributed by atoms with E-state index in [1.165, 1.54) is 12.1 Å². The molecule has 0 bridgehead atoms. The molecule has 0 saturated carbocycles. The average molecular weight is 381 g/mol. The van der Waals surface area contributed by atoms with E-state index in [-0.39, 0.29) is 12.1 Å². The fourth-order valence-corrected chi connectivity index (χ4v) is 4.10. The molecular weight excluding hydrogens is 364 g/mol. The van der Waals surface area contributed by atoms with Crippen molar-refractivity contribution in [3.05, 3.63) is 65.2 Å². The van der Waals surface area contributed by atoms with Crippen LogP contribution in [-0.2, 0) is 21.9 Å². The van der Waals surface area contributed by atoms with Crippen LogP contribution < -0.4 is 5.32 Å². The standard InChI is InChI=1S/C18H17F2NO4S/c19-17(20)26(24,25)15-8-4-2-6-13(15)16(22)21-11-18(23)10-9-12-5-1-3-7-14(12)18/h1-8,17,23H,9-11H2,(H,21,22). The normalized spacial score (nSPS) is 19.4.